The molecule has 0 radical (unpaired) electrons. The minimum Gasteiger partial charge on any atom is -0.493 e. The predicted molar refractivity (Wildman–Crippen MR) is 136 cm³/mol. The van der Waals surface area contributed by atoms with Gasteiger partial charge < -0.3 is 18.8 Å². The van der Waals surface area contributed by atoms with Crippen molar-refractivity contribution in [3.8, 4) is 11.5 Å². The zero-order valence-corrected chi connectivity index (χ0v) is 21.2. The van der Waals surface area contributed by atoms with Crippen LogP contribution in [0.15, 0.2) is 51.7 Å². The fourth-order valence-electron chi connectivity index (χ4n) is 5.14. The highest BCUT2D eigenvalue weighted by Gasteiger charge is 2.48. The summed E-state index contributed by atoms with van der Waals surface area (Å²) in [7, 11) is -1.74. The van der Waals surface area contributed by atoms with Gasteiger partial charge in [-0.2, -0.15) is 0 Å². The van der Waals surface area contributed by atoms with E-state index in [1.54, 1.807) is 42.5 Å². The van der Waals surface area contributed by atoms with Gasteiger partial charge in [0.25, 0.3) is 5.91 Å². The second-order valence-electron chi connectivity index (χ2n) is 9.31. The number of methoxy groups -OCH3 is 1. The van der Waals surface area contributed by atoms with Gasteiger partial charge in [0.1, 0.15) is 5.58 Å². The summed E-state index contributed by atoms with van der Waals surface area (Å²) in [6.07, 6.45) is 3.37. The first-order valence-electron chi connectivity index (χ1n) is 12.2. The first-order valence-corrected chi connectivity index (χ1v) is 14.1. The Kier molecular flexibility index (Phi) is 6.51. The van der Waals surface area contributed by atoms with Crippen LogP contribution in [0.25, 0.3) is 11.0 Å². The second kappa shape index (κ2) is 9.61. The van der Waals surface area contributed by atoms with Gasteiger partial charge in [0.05, 0.1) is 42.2 Å². The molecule has 1 fully saturated rings. The maximum Gasteiger partial charge on any atom is 0.291 e. The molecule has 2 aliphatic heterocycles. The summed E-state index contributed by atoms with van der Waals surface area (Å²) in [5.74, 6) is 0.399. The summed E-state index contributed by atoms with van der Waals surface area (Å²) in [4.78, 5) is 28.8. The lowest BCUT2D eigenvalue weighted by Crippen LogP contribution is -2.40. The quantitative estimate of drug-likeness (QED) is 0.420. The Morgan fingerprint density at radius 2 is 1.89 bits per heavy atom. The standard InChI is InChI=1S/C27H29NO7S/c1-3-4-7-13-34-21-11-10-17(15-22(21)33-2)24-23-25(29)19-8-5-6-9-20(19)35-26(23)27(30)28(24)18-12-14-36(31,32)16-18/h5-6,8-11,15,18,24H,3-4,7,12-14,16H2,1-2H3/t18-,24+/m1/s1. The van der Waals surface area contributed by atoms with E-state index < -0.39 is 27.8 Å². The molecule has 1 aromatic heterocycles. The zero-order chi connectivity index (χ0) is 25.4. The van der Waals surface area contributed by atoms with Crippen LogP contribution in [0.2, 0.25) is 0 Å². The normalized spacial score (nSPS) is 20.6. The first-order chi connectivity index (χ1) is 17.3. The Morgan fingerprint density at radius 3 is 2.61 bits per heavy atom. The molecule has 2 aliphatic rings. The molecule has 0 saturated carbocycles. The van der Waals surface area contributed by atoms with Crippen LogP contribution in [-0.2, 0) is 9.84 Å². The average molecular weight is 512 g/mol. The summed E-state index contributed by atoms with van der Waals surface area (Å²) in [5.41, 5.74) is 0.878. The molecular weight excluding hydrogens is 482 g/mol. The van der Waals surface area contributed by atoms with Crippen molar-refractivity contribution in [2.75, 3.05) is 25.2 Å². The van der Waals surface area contributed by atoms with Crippen LogP contribution in [-0.4, -0.2) is 50.5 Å². The monoisotopic (exact) mass is 511 g/mol. The van der Waals surface area contributed by atoms with E-state index in [2.05, 4.69) is 6.92 Å². The number of carbonyl (C=O) groups is 1. The van der Waals surface area contributed by atoms with Crippen LogP contribution in [0.1, 0.15) is 60.3 Å². The van der Waals surface area contributed by atoms with Gasteiger partial charge in [-0.15, -0.1) is 0 Å². The summed E-state index contributed by atoms with van der Waals surface area (Å²) >= 11 is 0. The number of fused-ring (bicyclic) bond motifs is 2. The smallest absolute Gasteiger partial charge is 0.291 e. The number of sulfone groups is 1. The maximum atomic E-state index is 13.6. The summed E-state index contributed by atoms with van der Waals surface area (Å²) < 4.78 is 42.1. The number of hydrogen-bond acceptors (Lipinski definition) is 7. The molecule has 5 rings (SSSR count). The van der Waals surface area contributed by atoms with Crippen molar-refractivity contribution in [1.29, 1.82) is 0 Å². The number of rotatable bonds is 8. The summed E-state index contributed by atoms with van der Waals surface area (Å²) in [6, 6.07) is 10.8. The van der Waals surface area contributed by atoms with Gasteiger partial charge in [-0.25, -0.2) is 8.42 Å². The Morgan fingerprint density at radius 1 is 1.08 bits per heavy atom. The average Bonchev–Trinajstić information content (AvgIpc) is 3.38. The van der Waals surface area contributed by atoms with Crippen molar-refractivity contribution in [3.05, 3.63) is 69.6 Å². The first kappa shape index (κ1) is 24.4. The number of unbranched alkanes of at least 4 members (excludes halogenated alkanes) is 2. The highest BCUT2D eigenvalue weighted by Crippen LogP contribution is 2.43. The van der Waals surface area contributed by atoms with Crippen molar-refractivity contribution in [2.45, 2.75) is 44.7 Å². The number of benzene rings is 2. The molecule has 8 nitrogen and oxygen atoms in total. The summed E-state index contributed by atoms with van der Waals surface area (Å²) in [6.45, 7) is 2.67. The van der Waals surface area contributed by atoms with Crippen LogP contribution < -0.4 is 14.9 Å². The number of carbonyl (C=O) groups excluding carboxylic acids is 1. The second-order valence-corrected chi connectivity index (χ2v) is 11.5. The van der Waals surface area contributed by atoms with E-state index in [1.807, 2.05) is 0 Å². The van der Waals surface area contributed by atoms with Crippen LogP contribution in [0.4, 0.5) is 0 Å². The molecule has 36 heavy (non-hydrogen) atoms. The highest BCUT2D eigenvalue weighted by atomic mass is 32.2. The lowest BCUT2D eigenvalue weighted by atomic mass is 9.97. The minimum atomic E-state index is -3.28. The van der Waals surface area contributed by atoms with E-state index in [0.29, 0.717) is 41.1 Å². The van der Waals surface area contributed by atoms with Crippen LogP contribution in [0, 0.1) is 0 Å². The largest absolute Gasteiger partial charge is 0.493 e. The Labute approximate surface area is 209 Å². The van der Waals surface area contributed by atoms with Crippen molar-refractivity contribution in [1.82, 2.24) is 4.90 Å². The molecular formula is C27H29NO7S. The van der Waals surface area contributed by atoms with E-state index in [0.717, 1.165) is 19.3 Å². The number of nitrogens with zero attached hydrogens (tertiary/aromatic N) is 1. The predicted octanol–water partition coefficient (Wildman–Crippen LogP) is 4.10. The molecule has 2 aromatic carbocycles. The van der Waals surface area contributed by atoms with E-state index in [4.69, 9.17) is 13.9 Å². The maximum absolute atomic E-state index is 13.6. The SMILES string of the molecule is CCCCCOc1ccc([C@H]2c3c(oc4ccccc4c3=O)C(=O)N2[C@@H]2CCS(=O)(=O)C2)cc1OC. The molecule has 0 N–H and O–H groups in total. The molecule has 9 heteroatoms. The minimum absolute atomic E-state index is 0.00171. The third-order valence-corrected chi connectivity index (χ3v) is 8.67. The number of amides is 1. The number of hydrogen-bond donors (Lipinski definition) is 0. The number of para-hydroxylation sites is 1. The molecule has 3 heterocycles. The molecule has 2 atom stereocenters. The summed E-state index contributed by atoms with van der Waals surface area (Å²) in [5, 5.41) is 0.373. The fourth-order valence-corrected chi connectivity index (χ4v) is 6.85. The third-order valence-electron chi connectivity index (χ3n) is 6.92. The topological polar surface area (TPSA) is 103 Å². The molecule has 1 amide bonds. The van der Waals surface area contributed by atoms with Gasteiger partial charge in [0, 0.05) is 6.04 Å². The van der Waals surface area contributed by atoms with Crippen molar-refractivity contribution in [3.63, 3.8) is 0 Å². The number of ether oxygens (including phenoxy) is 2. The molecule has 3 aromatic rings. The Balaban J connectivity index is 1.63. The lowest BCUT2D eigenvalue weighted by Gasteiger charge is -2.30. The fraction of sp³-hybridized carbons (Fsp3) is 0.407. The lowest BCUT2D eigenvalue weighted by molar-refractivity contribution is 0.0662. The Hall–Kier alpha value is -3.33. The van der Waals surface area contributed by atoms with Gasteiger partial charge >= 0.3 is 0 Å². The Bertz CT molecular complexity index is 1480. The van der Waals surface area contributed by atoms with Crippen molar-refractivity contribution in [2.24, 2.45) is 0 Å². The van der Waals surface area contributed by atoms with Gasteiger partial charge in [0.15, 0.2) is 26.8 Å². The van der Waals surface area contributed by atoms with Crippen molar-refractivity contribution >= 4 is 26.7 Å². The highest BCUT2D eigenvalue weighted by molar-refractivity contribution is 7.91. The van der Waals surface area contributed by atoms with Gasteiger partial charge in [-0.3, -0.25) is 9.59 Å². The molecule has 0 bridgehead atoms. The van der Waals surface area contributed by atoms with Gasteiger partial charge in [-0.1, -0.05) is 38.0 Å². The van der Waals surface area contributed by atoms with Crippen LogP contribution >= 0.6 is 0 Å². The third kappa shape index (κ3) is 4.25. The van der Waals surface area contributed by atoms with Crippen LogP contribution in [0.3, 0.4) is 0 Å². The van der Waals surface area contributed by atoms with Crippen LogP contribution in [0.5, 0.6) is 11.5 Å². The van der Waals surface area contributed by atoms with E-state index in [-0.39, 0.29) is 28.3 Å². The van der Waals surface area contributed by atoms with E-state index in [1.165, 1.54) is 12.0 Å². The molecule has 0 unspecified atom stereocenters. The van der Waals surface area contributed by atoms with Crippen molar-refractivity contribution < 1.29 is 27.1 Å². The van der Waals surface area contributed by atoms with E-state index in [9.17, 15) is 18.0 Å². The van der Waals surface area contributed by atoms with E-state index >= 15 is 0 Å². The molecule has 190 valence electrons. The molecule has 1 saturated heterocycles. The molecule has 0 aliphatic carbocycles. The zero-order valence-electron chi connectivity index (χ0n) is 20.4. The van der Waals surface area contributed by atoms with Gasteiger partial charge in [0.2, 0.25) is 5.76 Å². The molecule has 0 spiro atoms. The van der Waals surface area contributed by atoms with Gasteiger partial charge in [-0.05, 0) is 42.7 Å².